The summed E-state index contributed by atoms with van der Waals surface area (Å²) in [5.41, 5.74) is 6.26. The number of unbranched alkanes of at least 4 members (excludes halogenated alkanes) is 1. The molecule has 0 saturated carbocycles. The van der Waals surface area contributed by atoms with E-state index in [2.05, 4.69) is 59.0 Å². The fourth-order valence-corrected chi connectivity index (χ4v) is 6.25. The van der Waals surface area contributed by atoms with Gasteiger partial charge in [0, 0.05) is 43.1 Å². The van der Waals surface area contributed by atoms with Crippen LogP contribution in [-0.2, 0) is 54.0 Å². The maximum atomic E-state index is 12.8. The Bertz CT molecular complexity index is 2100. The van der Waals surface area contributed by atoms with E-state index in [9.17, 15) is 19.2 Å². The van der Waals surface area contributed by atoms with Crippen molar-refractivity contribution in [1.29, 1.82) is 0 Å². The first-order chi connectivity index (χ1) is 33.6. The highest BCUT2D eigenvalue weighted by molar-refractivity contribution is 5.94. The molecule has 69 heavy (non-hydrogen) atoms. The molecule has 376 valence electrons. The summed E-state index contributed by atoms with van der Waals surface area (Å²) in [7, 11) is 0. The van der Waals surface area contributed by atoms with Gasteiger partial charge in [-0.3, -0.25) is 24.2 Å². The Morgan fingerprint density at radius 3 is 1.91 bits per heavy atom. The number of nitrogens with zero attached hydrogens (tertiary/aromatic N) is 3. The zero-order chi connectivity index (χ0) is 49.8. The highest BCUT2D eigenvalue weighted by Gasteiger charge is 2.32. The first kappa shape index (κ1) is 57.1. The molecule has 3 rings (SSSR count). The number of H-pyrrole nitrogens is 1. The molecule has 21 nitrogen and oxygen atoms in total. The number of rotatable bonds is 39. The molecule has 0 aliphatic heterocycles. The zero-order valence-electron chi connectivity index (χ0n) is 39.5. The van der Waals surface area contributed by atoms with Crippen LogP contribution in [0, 0.1) is 37.0 Å². The Kier molecular flexibility index (Phi) is 29.0. The topological polar surface area (TPSA) is 271 Å². The molecule has 0 bridgehead atoms. The lowest BCUT2D eigenvalue weighted by atomic mass is 9.93. The van der Waals surface area contributed by atoms with Gasteiger partial charge < -0.3 is 64.9 Å². The van der Waals surface area contributed by atoms with Gasteiger partial charge in [0.25, 0.3) is 11.5 Å². The predicted octanol–water partition coefficient (Wildman–Crippen LogP) is 1.37. The van der Waals surface area contributed by atoms with Crippen LogP contribution in [0.3, 0.4) is 0 Å². The monoisotopic (exact) mass is 961 g/mol. The molecule has 21 heteroatoms. The molecular weight excluding hydrogens is 895 g/mol. The van der Waals surface area contributed by atoms with Crippen LogP contribution in [0.25, 0.3) is 11.2 Å². The van der Waals surface area contributed by atoms with Crippen molar-refractivity contribution in [1.82, 2.24) is 35.9 Å². The number of carbonyl (C=O) groups is 3. The van der Waals surface area contributed by atoms with Crippen molar-refractivity contribution < 1.29 is 52.3 Å². The summed E-state index contributed by atoms with van der Waals surface area (Å²) >= 11 is 0. The third-order valence-corrected chi connectivity index (χ3v) is 9.70. The quantitative estimate of drug-likeness (QED) is 0.0348. The minimum atomic E-state index is -0.820. The Balaban J connectivity index is 1.09. The third kappa shape index (κ3) is 25.1. The van der Waals surface area contributed by atoms with Gasteiger partial charge in [-0.25, -0.2) is 9.97 Å². The number of ether oxygens (including phenoxy) is 8. The molecule has 3 amide bonds. The third-order valence-electron chi connectivity index (χ3n) is 9.70. The van der Waals surface area contributed by atoms with Gasteiger partial charge in [-0.05, 0) is 50.5 Å². The lowest BCUT2D eigenvalue weighted by molar-refractivity contribution is -0.126. The smallest absolute Gasteiger partial charge is 0.280 e. The first-order valence-corrected chi connectivity index (χ1v) is 22.7. The Morgan fingerprint density at radius 1 is 0.754 bits per heavy atom. The zero-order valence-corrected chi connectivity index (χ0v) is 39.5. The normalized spacial score (nSPS) is 11.6. The summed E-state index contributed by atoms with van der Waals surface area (Å²) in [6.07, 6.45) is 20.1. The van der Waals surface area contributed by atoms with E-state index in [4.69, 9.17) is 62.9 Å². The molecule has 0 saturated heterocycles. The van der Waals surface area contributed by atoms with Gasteiger partial charge >= 0.3 is 0 Å². The van der Waals surface area contributed by atoms with E-state index in [1.807, 2.05) is 6.92 Å². The molecule has 0 spiro atoms. The van der Waals surface area contributed by atoms with E-state index in [0.717, 1.165) is 5.69 Å². The number of aromatic nitrogens is 4. The fraction of sp³-hybridized carbons (Fsp3) is 0.562. The number of terminal acetylenes is 3. The highest BCUT2D eigenvalue weighted by atomic mass is 16.6. The second kappa shape index (κ2) is 35.0. The van der Waals surface area contributed by atoms with E-state index in [-0.39, 0.29) is 86.8 Å². The molecule has 0 aliphatic carbocycles. The number of nitrogens with one attached hydrogen (secondary N) is 5. The van der Waals surface area contributed by atoms with Gasteiger partial charge in [0.05, 0.1) is 116 Å². The second-order valence-corrected chi connectivity index (χ2v) is 15.4. The standard InChI is InChI=1S/C48H67N9O12/c1-5-8-9-17-48(35-68-19-6-2,36-69-20-7-3)57-42(59)16-21-62-23-25-64-27-29-66-31-32-67-30-28-65-26-24-63-22-18-50-41(58)15-10-37(4)53-45(60)38-11-13-39(14-12-38)51-33-40-34-52-44-43(54-40)46(61)56-47(49)55-44/h1-3,11-14,34,37,51H,8-10,15-33,35-36H2,4H3,(H,50,58)(H,53,60)(H,57,59)(H3,49,52,55,56,61)/t37-/m1/s1. The Labute approximate surface area is 403 Å². The highest BCUT2D eigenvalue weighted by Crippen LogP contribution is 2.18. The first-order valence-electron chi connectivity index (χ1n) is 22.7. The molecule has 0 unspecified atom stereocenters. The summed E-state index contributed by atoms with van der Waals surface area (Å²) in [6.45, 7) is 7.39. The van der Waals surface area contributed by atoms with Gasteiger partial charge in [-0.2, -0.15) is 4.98 Å². The van der Waals surface area contributed by atoms with Crippen molar-refractivity contribution >= 4 is 40.5 Å². The summed E-state index contributed by atoms with van der Waals surface area (Å²) in [5, 5.41) is 11.9. The van der Waals surface area contributed by atoms with Crippen molar-refractivity contribution in [3.8, 4) is 37.0 Å². The van der Waals surface area contributed by atoms with Crippen LogP contribution in [0.1, 0.15) is 61.5 Å². The van der Waals surface area contributed by atoms with Gasteiger partial charge in [0.2, 0.25) is 17.8 Å². The number of hydrogen-bond donors (Lipinski definition) is 6. The Hall–Kier alpha value is -6.19. The van der Waals surface area contributed by atoms with Crippen LogP contribution in [0.2, 0.25) is 0 Å². The van der Waals surface area contributed by atoms with Crippen molar-refractivity contribution in [2.24, 2.45) is 0 Å². The summed E-state index contributed by atoms with van der Waals surface area (Å²) < 4.78 is 44.3. The van der Waals surface area contributed by atoms with Crippen molar-refractivity contribution in [3.63, 3.8) is 0 Å². The average molecular weight is 962 g/mol. The van der Waals surface area contributed by atoms with E-state index in [0.29, 0.717) is 123 Å². The molecule has 2 aromatic heterocycles. The molecule has 3 aromatic rings. The lowest BCUT2D eigenvalue weighted by Gasteiger charge is -2.34. The summed E-state index contributed by atoms with van der Waals surface area (Å²) in [5.74, 6) is 6.81. The van der Waals surface area contributed by atoms with E-state index >= 15 is 0 Å². The number of anilines is 2. The molecule has 1 atom stereocenters. The van der Waals surface area contributed by atoms with Crippen LogP contribution in [-0.4, -0.2) is 161 Å². The fourth-order valence-electron chi connectivity index (χ4n) is 6.25. The molecular formula is C48H67N9O12. The predicted molar refractivity (Wildman–Crippen MR) is 258 cm³/mol. The SMILES string of the molecule is C#CCCCC(COCC#C)(COCC#C)NC(=O)CCOCCOCCOCCOCCOCCOCCNC(=O)CC[C@@H](C)NC(=O)c1ccc(NCc2cnc3nc(N)[nH]c(=O)c3n2)cc1. The number of nitrogen functional groups attached to an aromatic ring is 1. The van der Waals surface area contributed by atoms with Crippen LogP contribution in [0.5, 0.6) is 0 Å². The average Bonchev–Trinajstić information content (AvgIpc) is 3.33. The summed E-state index contributed by atoms with van der Waals surface area (Å²) in [4.78, 5) is 64.8. The minimum Gasteiger partial charge on any atom is -0.379 e. The van der Waals surface area contributed by atoms with Gasteiger partial charge in [0.15, 0.2) is 11.2 Å². The molecule has 1 aromatic carbocycles. The Morgan fingerprint density at radius 2 is 1.33 bits per heavy atom. The van der Waals surface area contributed by atoms with Crippen LogP contribution in [0.4, 0.5) is 11.6 Å². The number of nitrogens with two attached hydrogens (primary N) is 1. The number of fused-ring (bicyclic) bond motifs is 1. The molecule has 0 aliphatic rings. The number of aromatic amines is 1. The van der Waals surface area contributed by atoms with E-state index in [1.54, 1.807) is 24.3 Å². The number of benzene rings is 1. The van der Waals surface area contributed by atoms with Gasteiger partial charge in [-0.15, -0.1) is 25.2 Å². The van der Waals surface area contributed by atoms with Crippen molar-refractivity contribution in [2.75, 3.05) is 123 Å². The number of hydrogen-bond acceptors (Lipinski definition) is 17. The largest absolute Gasteiger partial charge is 0.379 e. The number of amides is 3. The van der Waals surface area contributed by atoms with Crippen LogP contribution in [0.15, 0.2) is 35.3 Å². The minimum absolute atomic E-state index is 0.0305. The van der Waals surface area contributed by atoms with Crippen molar-refractivity contribution in [2.45, 2.75) is 63.6 Å². The van der Waals surface area contributed by atoms with Crippen LogP contribution < -0.4 is 32.6 Å². The van der Waals surface area contributed by atoms with Gasteiger partial charge in [-0.1, -0.05) is 11.8 Å². The lowest BCUT2D eigenvalue weighted by Crippen LogP contribution is -2.55. The maximum absolute atomic E-state index is 12.8. The molecule has 7 N–H and O–H groups in total. The van der Waals surface area contributed by atoms with E-state index < -0.39 is 11.1 Å². The molecule has 0 radical (unpaired) electrons. The van der Waals surface area contributed by atoms with Crippen LogP contribution >= 0.6 is 0 Å². The maximum Gasteiger partial charge on any atom is 0.280 e. The second-order valence-electron chi connectivity index (χ2n) is 15.4. The van der Waals surface area contributed by atoms with Gasteiger partial charge in [0.1, 0.15) is 13.2 Å². The van der Waals surface area contributed by atoms with Crippen molar-refractivity contribution in [3.05, 3.63) is 52.1 Å². The number of carbonyl (C=O) groups excluding carboxylic acids is 3. The summed E-state index contributed by atoms with van der Waals surface area (Å²) in [6, 6.07) is 6.66. The molecule has 2 heterocycles. The molecule has 0 fully saturated rings. The van der Waals surface area contributed by atoms with E-state index in [1.165, 1.54) is 6.20 Å².